The minimum absolute atomic E-state index is 0.539. The Balaban J connectivity index is 3.22. The molecule has 1 heterocycles. The minimum atomic E-state index is -4.94. The lowest BCUT2D eigenvalue weighted by molar-refractivity contribution is -0.142. The molecule has 1 aromatic rings. The number of aromatic hydroxyl groups is 1. The largest absolute Gasteiger partial charge is 0.506 e. The highest BCUT2D eigenvalue weighted by Crippen LogP contribution is 2.35. The van der Waals surface area contributed by atoms with Gasteiger partial charge in [0.15, 0.2) is 5.69 Å². The Morgan fingerprint density at radius 2 is 1.79 bits per heavy atom. The van der Waals surface area contributed by atoms with Crippen molar-refractivity contribution >= 4 is 0 Å². The predicted octanol–water partition coefficient (Wildman–Crippen LogP) is 2.74. The highest BCUT2D eigenvalue weighted by Gasteiger charge is 2.36. The van der Waals surface area contributed by atoms with Gasteiger partial charge in [0.1, 0.15) is 11.4 Å². The highest BCUT2D eigenvalue weighted by molar-refractivity contribution is 5.30. The van der Waals surface area contributed by atoms with Crippen LogP contribution in [0.5, 0.6) is 5.75 Å². The van der Waals surface area contributed by atoms with Gasteiger partial charge < -0.3 is 5.11 Å². The third-order valence-electron chi connectivity index (χ3n) is 1.39. The standard InChI is InChI=1S/C7H4F5NO/c8-6(9)3-1-2-4(14)5(13-3)7(10,11)12/h1-2,6,14H. The molecule has 0 unspecified atom stereocenters. The molecule has 14 heavy (non-hydrogen) atoms. The van der Waals surface area contributed by atoms with Crippen LogP contribution in [0.25, 0.3) is 0 Å². The smallest absolute Gasteiger partial charge is 0.437 e. The number of alkyl halides is 5. The Morgan fingerprint density at radius 3 is 2.21 bits per heavy atom. The van der Waals surface area contributed by atoms with Crippen molar-refractivity contribution in [2.45, 2.75) is 12.6 Å². The lowest BCUT2D eigenvalue weighted by Crippen LogP contribution is -2.09. The number of rotatable bonds is 1. The van der Waals surface area contributed by atoms with Gasteiger partial charge in [-0.05, 0) is 12.1 Å². The second-order valence-corrected chi connectivity index (χ2v) is 2.40. The lowest BCUT2D eigenvalue weighted by Gasteiger charge is -2.08. The Labute approximate surface area is 75.0 Å². The van der Waals surface area contributed by atoms with Crippen molar-refractivity contribution < 1.29 is 27.1 Å². The van der Waals surface area contributed by atoms with Gasteiger partial charge >= 0.3 is 6.18 Å². The van der Waals surface area contributed by atoms with Gasteiger partial charge in [0.25, 0.3) is 6.43 Å². The molecule has 1 N–H and O–H groups in total. The number of pyridine rings is 1. The molecule has 0 saturated carbocycles. The van der Waals surface area contributed by atoms with Crippen molar-refractivity contribution in [2.24, 2.45) is 0 Å². The van der Waals surface area contributed by atoms with Crippen LogP contribution in [0, 0.1) is 0 Å². The van der Waals surface area contributed by atoms with Crippen molar-refractivity contribution in [1.29, 1.82) is 0 Å². The van der Waals surface area contributed by atoms with E-state index in [2.05, 4.69) is 4.98 Å². The van der Waals surface area contributed by atoms with Crippen LogP contribution in [-0.2, 0) is 6.18 Å². The molecule has 0 bridgehead atoms. The summed E-state index contributed by atoms with van der Waals surface area (Å²) in [6.45, 7) is 0. The van der Waals surface area contributed by atoms with Crippen molar-refractivity contribution in [1.82, 2.24) is 4.98 Å². The van der Waals surface area contributed by atoms with Crippen LogP contribution in [0.1, 0.15) is 17.8 Å². The molecule has 1 rings (SSSR count). The van der Waals surface area contributed by atoms with Gasteiger partial charge in [-0.15, -0.1) is 0 Å². The molecule has 0 radical (unpaired) electrons. The first-order valence-corrected chi connectivity index (χ1v) is 3.37. The number of aromatic nitrogens is 1. The zero-order chi connectivity index (χ0) is 10.9. The molecule has 0 aliphatic rings. The molecule has 0 aromatic carbocycles. The zero-order valence-corrected chi connectivity index (χ0v) is 6.52. The number of hydrogen-bond acceptors (Lipinski definition) is 2. The maximum absolute atomic E-state index is 12.0. The van der Waals surface area contributed by atoms with Crippen LogP contribution < -0.4 is 0 Å². The average molecular weight is 213 g/mol. The van der Waals surface area contributed by atoms with Crippen LogP contribution in [0.2, 0.25) is 0 Å². The van der Waals surface area contributed by atoms with Crippen molar-refractivity contribution in [3.63, 3.8) is 0 Å². The summed E-state index contributed by atoms with van der Waals surface area (Å²) in [4.78, 5) is 2.62. The summed E-state index contributed by atoms with van der Waals surface area (Å²) in [7, 11) is 0. The Morgan fingerprint density at radius 1 is 1.21 bits per heavy atom. The SMILES string of the molecule is Oc1ccc(C(F)F)nc1C(F)(F)F. The minimum Gasteiger partial charge on any atom is -0.506 e. The van der Waals surface area contributed by atoms with Gasteiger partial charge in [0, 0.05) is 0 Å². The van der Waals surface area contributed by atoms with Crippen LogP contribution in [-0.4, -0.2) is 10.1 Å². The van der Waals surface area contributed by atoms with E-state index < -0.39 is 29.7 Å². The molecule has 0 amide bonds. The summed E-state index contributed by atoms with van der Waals surface area (Å²) in [5.74, 6) is -1.16. The molecular formula is C7H4F5NO. The van der Waals surface area contributed by atoms with E-state index in [0.717, 1.165) is 0 Å². The zero-order valence-electron chi connectivity index (χ0n) is 6.52. The molecule has 2 nitrogen and oxygen atoms in total. The fourth-order valence-corrected chi connectivity index (χ4v) is 0.797. The Hall–Kier alpha value is -1.40. The first kappa shape index (κ1) is 10.7. The van der Waals surface area contributed by atoms with E-state index in [1.165, 1.54) is 0 Å². The summed E-state index contributed by atoms with van der Waals surface area (Å²) < 4.78 is 60.0. The molecule has 0 saturated heterocycles. The molecular weight excluding hydrogens is 209 g/mol. The van der Waals surface area contributed by atoms with Crippen molar-refractivity contribution in [3.8, 4) is 5.75 Å². The van der Waals surface area contributed by atoms with Crippen LogP contribution in [0.4, 0.5) is 22.0 Å². The van der Waals surface area contributed by atoms with Gasteiger partial charge in [0.2, 0.25) is 0 Å². The van der Waals surface area contributed by atoms with Gasteiger partial charge in [-0.2, -0.15) is 13.2 Å². The molecule has 1 aromatic heterocycles. The van der Waals surface area contributed by atoms with Crippen molar-refractivity contribution in [3.05, 3.63) is 23.5 Å². The fraction of sp³-hybridized carbons (Fsp3) is 0.286. The Kier molecular flexibility index (Phi) is 2.59. The van der Waals surface area contributed by atoms with Crippen molar-refractivity contribution in [2.75, 3.05) is 0 Å². The van der Waals surface area contributed by atoms with Gasteiger partial charge in [-0.1, -0.05) is 0 Å². The van der Waals surface area contributed by atoms with E-state index in [4.69, 9.17) is 5.11 Å². The Bertz CT molecular complexity index is 335. The highest BCUT2D eigenvalue weighted by atomic mass is 19.4. The first-order chi connectivity index (χ1) is 6.32. The number of hydrogen-bond donors (Lipinski definition) is 1. The van der Waals surface area contributed by atoms with E-state index in [1.54, 1.807) is 0 Å². The second kappa shape index (κ2) is 3.39. The normalized spacial score (nSPS) is 12.1. The molecule has 0 aliphatic carbocycles. The molecule has 0 aliphatic heterocycles. The van der Waals surface area contributed by atoms with E-state index in [0.29, 0.717) is 12.1 Å². The molecule has 78 valence electrons. The second-order valence-electron chi connectivity index (χ2n) is 2.40. The molecule has 0 spiro atoms. The summed E-state index contributed by atoms with van der Waals surface area (Å²) >= 11 is 0. The number of nitrogens with zero attached hydrogens (tertiary/aromatic N) is 1. The van der Waals surface area contributed by atoms with Gasteiger partial charge in [-0.25, -0.2) is 13.8 Å². The van der Waals surface area contributed by atoms with Gasteiger partial charge in [-0.3, -0.25) is 0 Å². The van der Waals surface area contributed by atoms with E-state index in [9.17, 15) is 22.0 Å². The summed E-state index contributed by atoms with van der Waals surface area (Å²) in [5, 5.41) is 8.72. The van der Waals surface area contributed by atoms with Gasteiger partial charge in [0.05, 0.1) is 0 Å². The third kappa shape index (κ3) is 2.09. The quantitative estimate of drug-likeness (QED) is 0.727. The maximum Gasteiger partial charge on any atom is 0.437 e. The number of halogens is 5. The monoisotopic (exact) mass is 213 g/mol. The summed E-state index contributed by atoms with van der Waals surface area (Å²) in [6.07, 6.45) is -8.04. The average Bonchev–Trinajstić information content (AvgIpc) is 2.02. The maximum atomic E-state index is 12.0. The van der Waals surface area contributed by atoms with E-state index >= 15 is 0 Å². The first-order valence-electron chi connectivity index (χ1n) is 3.37. The third-order valence-corrected chi connectivity index (χ3v) is 1.39. The van der Waals surface area contributed by atoms with Crippen LogP contribution in [0.15, 0.2) is 12.1 Å². The van der Waals surface area contributed by atoms with Crippen LogP contribution >= 0.6 is 0 Å². The lowest BCUT2D eigenvalue weighted by atomic mass is 10.2. The topological polar surface area (TPSA) is 33.1 Å². The predicted molar refractivity (Wildman–Crippen MR) is 35.9 cm³/mol. The fourth-order valence-electron chi connectivity index (χ4n) is 0.797. The molecule has 0 atom stereocenters. The molecule has 0 fully saturated rings. The summed E-state index contributed by atoms with van der Waals surface area (Å²) in [5.41, 5.74) is -2.72. The summed E-state index contributed by atoms with van der Waals surface area (Å²) in [6, 6.07) is 1.17. The van der Waals surface area contributed by atoms with Crippen LogP contribution in [0.3, 0.4) is 0 Å². The van der Waals surface area contributed by atoms with E-state index in [-0.39, 0.29) is 0 Å². The van der Waals surface area contributed by atoms with E-state index in [1.807, 2.05) is 0 Å². The molecule has 7 heteroatoms.